The number of phenols is 1. The number of phenolic OH excluding ortho intramolecular Hbond substituents is 1. The number of aromatic nitrogens is 3. The molecule has 14 rings (SSSR count). The van der Waals surface area contributed by atoms with Gasteiger partial charge in [0.05, 0.1) is 28.0 Å². The number of imidazole rings is 1. The summed E-state index contributed by atoms with van der Waals surface area (Å²) in [7, 11) is 0. The molecule has 0 bridgehead atoms. The first-order valence-corrected chi connectivity index (χ1v) is 29.0. The van der Waals surface area contributed by atoms with Crippen LogP contribution in [0.5, 0.6) is 5.75 Å². The maximum absolute atomic E-state index is 13.0. The van der Waals surface area contributed by atoms with Crippen molar-refractivity contribution in [3.63, 3.8) is 0 Å². The molecule has 0 spiro atoms. The van der Waals surface area contributed by atoms with E-state index in [1.807, 2.05) is 109 Å². The molecule has 0 saturated heterocycles. The Morgan fingerprint density at radius 2 is 0.963 bits per heavy atom. The van der Waals surface area contributed by atoms with Crippen LogP contribution in [0, 0.1) is 5.92 Å². The monoisotopic (exact) mass is 1060 g/mol. The highest BCUT2D eigenvalue weighted by Gasteiger charge is 2.27. The highest BCUT2D eigenvalue weighted by Crippen LogP contribution is 2.47. The van der Waals surface area contributed by atoms with Gasteiger partial charge in [-0.05, 0) is 171 Å². The molecular weight excluding hydrogens is 995 g/mol. The van der Waals surface area contributed by atoms with Gasteiger partial charge in [0.2, 0.25) is 0 Å². The van der Waals surface area contributed by atoms with E-state index >= 15 is 0 Å². The lowest BCUT2D eigenvalue weighted by atomic mass is 9.76. The van der Waals surface area contributed by atoms with Gasteiger partial charge in [-0.3, -0.25) is 9.55 Å². The van der Waals surface area contributed by atoms with Gasteiger partial charge in [-0.15, -0.1) is 0 Å². The largest absolute Gasteiger partial charge is 0.507 e. The second kappa shape index (κ2) is 22.6. The van der Waals surface area contributed by atoms with Crippen molar-refractivity contribution < 1.29 is 10.6 Å². The Hall–Kier alpha value is -9.38. The molecule has 2 saturated carbocycles. The molecule has 12 aromatic rings. The fourth-order valence-electron chi connectivity index (χ4n) is 12.8. The second-order valence-corrected chi connectivity index (χ2v) is 22.0. The minimum atomic E-state index is -1.54. The Morgan fingerprint density at radius 1 is 0.415 bits per heavy atom. The minimum absolute atomic E-state index is 0.0695. The number of benzene rings is 10. The van der Waals surface area contributed by atoms with E-state index in [2.05, 4.69) is 156 Å². The number of hydrogen-bond acceptors (Lipinski definition) is 3. The Morgan fingerprint density at radius 3 is 1.67 bits per heavy atom. The van der Waals surface area contributed by atoms with Crippen LogP contribution in [0.25, 0.3) is 106 Å². The van der Waals surface area contributed by atoms with E-state index < -0.39 is 18.2 Å². The van der Waals surface area contributed by atoms with Crippen LogP contribution in [-0.4, -0.2) is 19.6 Å². The molecule has 4 heteroatoms. The van der Waals surface area contributed by atoms with Crippen molar-refractivity contribution in [2.45, 2.75) is 69.5 Å². The highest BCUT2D eigenvalue weighted by atomic mass is 16.3. The predicted molar refractivity (Wildman–Crippen MR) is 340 cm³/mol. The van der Waals surface area contributed by atoms with Crippen molar-refractivity contribution in [2.24, 2.45) is 5.92 Å². The van der Waals surface area contributed by atoms with Gasteiger partial charge >= 0.3 is 0 Å². The van der Waals surface area contributed by atoms with Crippen molar-refractivity contribution in [2.75, 3.05) is 0 Å². The molecule has 0 aliphatic heterocycles. The maximum atomic E-state index is 13.0. The number of rotatable bonds is 13. The van der Waals surface area contributed by atoms with Gasteiger partial charge in [-0.25, -0.2) is 4.98 Å². The zero-order chi connectivity index (χ0) is 58.4. The third kappa shape index (κ3) is 10.2. The molecule has 2 aromatic heterocycles. The number of aromatic hydroxyl groups is 1. The van der Waals surface area contributed by atoms with Crippen molar-refractivity contribution in [1.82, 2.24) is 14.5 Å². The van der Waals surface area contributed by atoms with Crippen LogP contribution in [0.4, 0.5) is 0 Å². The summed E-state index contributed by atoms with van der Waals surface area (Å²) < 4.78 is 40.3. The zero-order valence-corrected chi connectivity index (χ0v) is 45.8. The molecule has 398 valence electrons. The third-order valence-corrected chi connectivity index (χ3v) is 17.0. The number of para-hydroxylation sites is 2. The number of hydrogen-bond donors (Lipinski definition) is 1. The van der Waals surface area contributed by atoms with Crippen LogP contribution < -0.4 is 0 Å². The fourth-order valence-corrected chi connectivity index (χ4v) is 12.8. The highest BCUT2D eigenvalue weighted by molar-refractivity contribution is 5.99. The second-order valence-electron chi connectivity index (χ2n) is 22.0. The first kappa shape index (κ1) is 46.4. The van der Waals surface area contributed by atoms with Crippen molar-refractivity contribution >= 4 is 11.0 Å². The average molecular weight is 1060 g/mol. The molecule has 82 heavy (non-hydrogen) atoms. The Balaban J connectivity index is 0.914. The van der Waals surface area contributed by atoms with Crippen LogP contribution in [0.3, 0.4) is 0 Å². The molecule has 0 atom stereocenters. The van der Waals surface area contributed by atoms with Gasteiger partial charge in [0.25, 0.3) is 0 Å². The summed E-state index contributed by atoms with van der Waals surface area (Å²) in [5.41, 5.74) is 18.7. The molecule has 2 aliphatic rings. The van der Waals surface area contributed by atoms with Gasteiger partial charge in [0.1, 0.15) is 11.6 Å². The van der Waals surface area contributed by atoms with E-state index in [1.165, 1.54) is 0 Å². The van der Waals surface area contributed by atoms with E-state index in [9.17, 15) is 10.6 Å². The normalized spacial score (nSPS) is 18.1. The molecule has 4 nitrogen and oxygen atoms in total. The third-order valence-electron chi connectivity index (χ3n) is 17.0. The Labute approximate surface area is 487 Å². The first-order valence-electron chi connectivity index (χ1n) is 31.0. The predicted octanol–water partition coefficient (Wildman–Crippen LogP) is 20.6. The minimum Gasteiger partial charge on any atom is -0.507 e. The van der Waals surface area contributed by atoms with E-state index in [-0.39, 0.29) is 11.7 Å². The summed E-state index contributed by atoms with van der Waals surface area (Å²) in [6.45, 7) is 0. The first-order chi connectivity index (χ1) is 42.0. The average Bonchev–Trinajstić information content (AvgIpc) is 2.07. The summed E-state index contributed by atoms with van der Waals surface area (Å²) in [6, 6.07) is 86.9. The molecule has 0 unspecified atom stereocenters. The molecule has 0 amide bonds. The SMILES string of the molecule is [2H]C1(c2ccccc2)CCC([2H])(c2ccc(-c3ccnc(-c4cc(-c5ccccc5)cc(-c5cccc6c5nc(-c5cccc(-c7ccccc7-c7ccccc7)c5O)n6-c5ccc(C([2H])([2H])C6CCCC6)cc5-c5ccccc5)c4)c3)cc2)CC1. The van der Waals surface area contributed by atoms with Crippen LogP contribution in [0.15, 0.2) is 261 Å². The van der Waals surface area contributed by atoms with E-state index in [0.717, 1.165) is 126 Å². The summed E-state index contributed by atoms with van der Waals surface area (Å²) in [4.78, 5) is 10.7. The van der Waals surface area contributed by atoms with Gasteiger partial charge in [-0.2, -0.15) is 0 Å². The standard InChI is InChI=1S/C78H65N3O/c82-77-70(69-30-16-15-29-67(69)61-25-9-3-10-26-61)32-17-33-71(77)78-80-76-68(31-18-34-75(76)81(78)74-44-35-54(47-53-19-13-14-20-53)48-72(74)62-27-11-4-12-28-62)65-49-64(56-23-7-2-8-24-56)50-66(51-65)73-52-63(45-46-79-73)60-42-40-59(41-43-60)58-38-36-57(37-39-58)55-21-5-1-6-22-55/h1-12,15-18,21-35,40-46,48-53,57-58,82H,13-14,19-20,36-39,47H2/i47D2,57D,58D. The summed E-state index contributed by atoms with van der Waals surface area (Å²) >= 11 is 0. The quantitative estimate of drug-likeness (QED) is 0.125. The van der Waals surface area contributed by atoms with Crippen molar-refractivity contribution in [1.29, 1.82) is 0 Å². The van der Waals surface area contributed by atoms with Crippen molar-refractivity contribution in [3.05, 3.63) is 278 Å². The summed E-state index contributed by atoms with van der Waals surface area (Å²) in [5, 5.41) is 13.0. The van der Waals surface area contributed by atoms with E-state index in [0.29, 0.717) is 48.2 Å². The van der Waals surface area contributed by atoms with Crippen LogP contribution >= 0.6 is 0 Å². The topological polar surface area (TPSA) is 50.9 Å². The molecule has 10 aromatic carbocycles. The van der Waals surface area contributed by atoms with Crippen LogP contribution in [0.1, 0.15) is 85.3 Å². The Bertz CT molecular complexity index is 4420. The van der Waals surface area contributed by atoms with Gasteiger partial charge < -0.3 is 5.11 Å². The molecule has 2 heterocycles. The molecule has 2 aliphatic carbocycles. The maximum Gasteiger partial charge on any atom is 0.149 e. The smallest absolute Gasteiger partial charge is 0.149 e. The lowest BCUT2D eigenvalue weighted by molar-refractivity contribution is 0.396. The lowest BCUT2D eigenvalue weighted by Gasteiger charge is -2.29. The van der Waals surface area contributed by atoms with Gasteiger partial charge in [0, 0.05) is 33.9 Å². The van der Waals surface area contributed by atoms with Gasteiger partial charge in [-0.1, -0.05) is 226 Å². The Kier molecular flexibility index (Phi) is 12.8. The van der Waals surface area contributed by atoms with Crippen molar-refractivity contribution in [3.8, 4) is 101 Å². The van der Waals surface area contributed by atoms with Crippen LogP contribution in [-0.2, 0) is 6.37 Å². The zero-order valence-electron chi connectivity index (χ0n) is 49.8. The number of nitrogens with zero attached hydrogens (tertiary/aromatic N) is 3. The lowest BCUT2D eigenvalue weighted by Crippen LogP contribution is -2.12. The van der Waals surface area contributed by atoms with Crippen LogP contribution in [0.2, 0.25) is 0 Å². The number of fused-ring (bicyclic) bond motifs is 1. The summed E-state index contributed by atoms with van der Waals surface area (Å²) in [6.07, 6.45) is 6.67. The van der Waals surface area contributed by atoms with E-state index in [1.54, 1.807) is 0 Å². The molecule has 0 radical (unpaired) electrons. The molecule has 2 fully saturated rings. The fraction of sp³-hybridized carbons (Fsp3) is 0.154. The van der Waals surface area contributed by atoms with E-state index in [4.69, 9.17) is 9.97 Å². The summed E-state index contributed by atoms with van der Waals surface area (Å²) in [5.74, 6) is -0.847. The molecule has 1 N–H and O–H groups in total. The van der Waals surface area contributed by atoms with Gasteiger partial charge in [0.15, 0.2) is 0 Å². The molecular formula is C78H65N3O. The number of pyridine rings is 1.